The van der Waals surface area contributed by atoms with Gasteiger partial charge in [0.2, 0.25) is 5.91 Å². The fourth-order valence-corrected chi connectivity index (χ4v) is 2.20. The topological polar surface area (TPSA) is 64.6 Å². The largest absolute Gasteiger partial charge is 0.496 e. The number of methoxy groups -OCH3 is 1. The fraction of sp³-hybridized carbons (Fsp3) is 0.467. The molecule has 5 nitrogen and oxygen atoms in total. The first kappa shape index (κ1) is 14.4. The second kappa shape index (κ2) is 5.53. The average molecular weight is 277 g/mol. The lowest BCUT2D eigenvalue weighted by Crippen LogP contribution is -2.27. The molecule has 1 amide bonds. The maximum atomic E-state index is 12.0. The first-order valence-electron chi connectivity index (χ1n) is 6.52. The molecule has 1 aromatic carbocycles. The monoisotopic (exact) mass is 277 g/mol. The summed E-state index contributed by atoms with van der Waals surface area (Å²) in [5.41, 5.74) is 1.09. The molecule has 108 valence electrons. The third-order valence-electron chi connectivity index (χ3n) is 3.50. The van der Waals surface area contributed by atoms with Gasteiger partial charge in [0.05, 0.1) is 19.3 Å². The maximum absolute atomic E-state index is 12.0. The molecule has 5 heteroatoms. The van der Waals surface area contributed by atoms with E-state index < -0.39 is 5.97 Å². The van der Waals surface area contributed by atoms with Crippen LogP contribution in [0.2, 0.25) is 0 Å². The van der Waals surface area contributed by atoms with E-state index in [0.29, 0.717) is 24.3 Å². The van der Waals surface area contributed by atoms with E-state index in [-0.39, 0.29) is 17.9 Å². The molecule has 0 radical (unpaired) electrons. The van der Waals surface area contributed by atoms with Crippen LogP contribution in [0.1, 0.15) is 29.3 Å². The van der Waals surface area contributed by atoms with Gasteiger partial charge in [0, 0.05) is 18.4 Å². The Hall–Kier alpha value is -2.04. The van der Waals surface area contributed by atoms with Crippen LogP contribution in [-0.2, 0) is 9.53 Å². The van der Waals surface area contributed by atoms with Crippen molar-refractivity contribution in [3.05, 3.63) is 29.3 Å². The van der Waals surface area contributed by atoms with Crippen molar-refractivity contribution in [3.8, 4) is 5.75 Å². The third kappa shape index (κ3) is 3.10. The summed E-state index contributed by atoms with van der Waals surface area (Å²) in [6.07, 6.45) is 0.386. The second-order valence-electron chi connectivity index (χ2n) is 5.52. The summed E-state index contributed by atoms with van der Waals surface area (Å²) in [6.45, 7) is 4.59. The number of hydrogen-bond donors (Lipinski definition) is 1. The van der Waals surface area contributed by atoms with Crippen LogP contribution in [0.25, 0.3) is 0 Å². The zero-order valence-corrected chi connectivity index (χ0v) is 12.0. The Labute approximate surface area is 118 Å². The number of carbonyl (C=O) groups excluding carboxylic acids is 2. The van der Waals surface area contributed by atoms with E-state index in [1.54, 1.807) is 19.2 Å². The molecule has 1 atom stereocenters. The number of amides is 1. The summed E-state index contributed by atoms with van der Waals surface area (Å²) < 4.78 is 10.5. The first-order valence-corrected chi connectivity index (χ1v) is 6.52. The zero-order valence-electron chi connectivity index (χ0n) is 12.0. The van der Waals surface area contributed by atoms with E-state index in [9.17, 15) is 9.59 Å². The smallest absolute Gasteiger partial charge is 0.338 e. The van der Waals surface area contributed by atoms with Crippen molar-refractivity contribution < 1.29 is 19.1 Å². The van der Waals surface area contributed by atoms with Gasteiger partial charge in [0.25, 0.3) is 0 Å². The van der Waals surface area contributed by atoms with E-state index in [1.807, 2.05) is 19.9 Å². The van der Waals surface area contributed by atoms with Crippen molar-refractivity contribution in [2.45, 2.75) is 20.3 Å². The average Bonchev–Trinajstić information content (AvgIpc) is 2.77. The van der Waals surface area contributed by atoms with Crippen LogP contribution in [0.15, 0.2) is 18.2 Å². The quantitative estimate of drug-likeness (QED) is 0.851. The lowest BCUT2D eigenvalue weighted by molar-refractivity contribution is -0.119. The van der Waals surface area contributed by atoms with E-state index in [1.165, 1.54) is 0 Å². The Kier molecular flexibility index (Phi) is 3.97. The SMILES string of the molecule is COc1cc(C(=O)OC[C@]2(C)CNC(=O)C2)ccc1C. The summed E-state index contributed by atoms with van der Waals surface area (Å²) in [4.78, 5) is 23.2. The summed E-state index contributed by atoms with van der Waals surface area (Å²) in [7, 11) is 1.56. The number of ether oxygens (including phenoxy) is 2. The molecule has 2 rings (SSSR count). The van der Waals surface area contributed by atoms with Crippen molar-refractivity contribution >= 4 is 11.9 Å². The van der Waals surface area contributed by atoms with Crippen molar-refractivity contribution in [2.75, 3.05) is 20.3 Å². The highest BCUT2D eigenvalue weighted by molar-refractivity contribution is 5.90. The highest BCUT2D eigenvalue weighted by Gasteiger charge is 2.35. The molecule has 1 saturated heterocycles. The second-order valence-corrected chi connectivity index (χ2v) is 5.52. The van der Waals surface area contributed by atoms with E-state index in [4.69, 9.17) is 9.47 Å². The molecule has 0 bridgehead atoms. The molecule has 1 aliphatic heterocycles. The van der Waals surface area contributed by atoms with Crippen LogP contribution in [0.4, 0.5) is 0 Å². The first-order chi connectivity index (χ1) is 9.43. The van der Waals surface area contributed by atoms with E-state index in [0.717, 1.165) is 5.56 Å². The molecule has 1 N–H and O–H groups in total. The van der Waals surface area contributed by atoms with E-state index >= 15 is 0 Å². The van der Waals surface area contributed by atoms with Gasteiger partial charge in [-0.15, -0.1) is 0 Å². The van der Waals surface area contributed by atoms with Crippen LogP contribution in [0, 0.1) is 12.3 Å². The number of aryl methyl sites for hydroxylation is 1. The number of hydrogen-bond acceptors (Lipinski definition) is 4. The lowest BCUT2D eigenvalue weighted by atomic mass is 9.91. The molecular weight excluding hydrogens is 258 g/mol. The lowest BCUT2D eigenvalue weighted by Gasteiger charge is -2.20. The molecule has 1 aromatic rings. The molecular formula is C15H19NO4. The van der Waals surface area contributed by atoms with Gasteiger partial charge < -0.3 is 14.8 Å². The molecule has 0 aromatic heterocycles. The summed E-state index contributed by atoms with van der Waals surface area (Å²) in [6, 6.07) is 5.19. The number of rotatable bonds is 4. The van der Waals surface area contributed by atoms with Gasteiger partial charge in [-0.25, -0.2) is 4.79 Å². The van der Waals surface area contributed by atoms with Crippen molar-refractivity contribution in [1.29, 1.82) is 0 Å². The minimum Gasteiger partial charge on any atom is -0.496 e. The molecule has 0 unspecified atom stereocenters. The standard InChI is InChI=1S/C15H19NO4/c1-10-4-5-11(6-12(10)19-3)14(18)20-9-15(2)7-13(17)16-8-15/h4-6H,7-9H2,1-3H3,(H,16,17)/t15-/m0/s1. The van der Waals surface area contributed by atoms with E-state index in [2.05, 4.69) is 5.32 Å². The van der Waals surface area contributed by atoms with Crippen LogP contribution in [0.5, 0.6) is 5.75 Å². The molecule has 1 aliphatic rings. The zero-order chi connectivity index (χ0) is 14.8. The number of esters is 1. The minimum absolute atomic E-state index is 0.000513. The van der Waals surface area contributed by atoms with Crippen LogP contribution >= 0.6 is 0 Å². The van der Waals surface area contributed by atoms with Crippen LogP contribution in [-0.4, -0.2) is 32.1 Å². The summed E-state index contributed by atoms with van der Waals surface area (Å²) >= 11 is 0. The number of carbonyl (C=O) groups is 2. The summed E-state index contributed by atoms with van der Waals surface area (Å²) in [5.74, 6) is 0.257. The van der Waals surface area contributed by atoms with Gasteiger partial charge in [-0.3, -0.25) is 4.79 Å². The van der Waals surface area contributed by atoms with Crippen molar-refractivity contribution in [1.82, 2.24) is 5.32 Å². The number of nitrogens with one attached hydrogen (secondary N) is 1. The molecule has 0 saturated carbocycles. The van der Waals surface area contributed by atoms with Gasteiger partial charge in [0.1, 0.15) is 5.75 Å². The molecule has 20 heavy (non-hydrogen) atoms. The van der Waals surface area contributed by atoms with Crippen molar-refractivity contribution in [3.63, 3.8) is 0 Å². The molecule has 0 spiro atoms. The van der Waals surface area contributed by atoms with Gasteiger partial charge in [-0.05, 0) is 24.6 Å². The molecule has 0 aliphatic carbocycles. The Morgan fingerprint density at radius 3 is 2.80 bits per heavy atom. The van der Waals surface area contributed by atoms with Gasteiger partial charge >= 0.3 is 5.97 Å². The minimum atomic E-state index is -0.399. The van der Waals surface area contributed by atoms with Crippen LogP contribution in [0.3, 0.4) is 0 Å². The highest BCUT2D eigenvalue weighted by Crippen LogP contribution is 2.26. The van der Waals surface area contributed by atoms with Gasteiger partial charge in [-0.1, -0.05) is 13.0 Å². The van der Waals surface area contributed by atoms with Gasteiger partial charge in [-0.2, -0.15) is 0 Å². The van der Waals surface area contributed by atoms with Crippen LogP contribution < -0.4 is 10.1 Å². The summed E-state index contributed by atoms with van der Waals surface area (Å²) in [5, 5.41) is 2.75. The maximum Gasteiger partial charge on any atom is 0.338 e. The predicted molar refractivity (Wildman–Crippen MR) is 73.7 cm³/mol. The predicted octanol–water partition coefficient (Wildman–Crippen LogP) is 1.69. The van der Waals surface area contributed by atoms with Gasteiger partial charge in [0.15, 0.2) is 0 Å². The highest BCUT2D eigenvalue weighted by atomic mass is 16.5. The normalized spacial score (nSPS) is 21.4. The Balaban J connectivity index is 2.00. The Bertz CT molecular complexity index is 541. The Morgan fingerprint density at radius 1 is 1.45 bits per heavy atom. The number of benzene rings is 1. The fourth-order valence-electron chi connectivity index (χ4n) is 2.20. The Morgan fingerprint density at radius 2 is 2.20 bits per heavy atom. The van der Waals surface area contributed by atoms with Crippen molar-refractivity contribution in [2.24, 2.45) is 5.41 Å². The molecule has 1 heterocycles. The molecule has 1 fully saturated rings. The third-order valence-corrected chi connectivity index (χ3v) is 3.50.